The van der Waals surface area contributed by atoms with Gasteiger partial charge in [0.15, 0.2) is 13.2 Å². The molecule has 0 radical (unpaired) electrons. The van der Waals surface area contributed by atoms with Crippen LogP contribution in [0.15, 0.2) is 84.9 Å². The Hall–Kier alpha value is -4.11. The summed E-state index contributed by atoms with van der Waals surface area (Å²) < 4.78 is 10.5. The molecule has 3 aromatic carbocycles. The average molecular weight is 414 g/mol. The molecule has 0 aromatic heterocycles. The van der Waals surface area contributed by atoms with Gasteiger partial charge in [-0.2, -0.15) is 5.26 Å². The minimum atomic E-state index is -0.680. The Morgan fingerprint density at radius 2 is 1.32 bits per heavy atom. The first-order valence-electron chi connectivity index (χ1n) is 9.79. The van der Waals surface area contributed by atoms with Crippen LogP contribution in [-0.2, 0) is 27.4 Å². The van der Waals surface area contributed by atoms with Crippen LogP contribution in [0.2, 0.25) is 0 Å². The van der Waals surface area contributed by atoms with E-state index in [1.807, 2.05) is 66.7 Å². The van der Waals surface area contributed by atoms with Crippen molar-refractivity contribution in [3.63, 3.8) is 0 Å². The Bertz CT molecular complexity index is 1000. The smallest absolute Gasteiger partial charge is 0.344 e. The molecular formula is C25H22N2O4. The number of carbonyl (C=O) groups excluding carboxylic acids is 2. The van der Waals surface area contributed by atoms with Gasteiger partial charge in [0, 0.05) is 13.1 Å². The molecule has 3 rings (SSSR count). The van der Waals surface area contributed by atoms with Gasteiger partial charge in [-0.3, -0.25) is 4.79 Å². The largest absolute Gasteiger partial charge is 0.481 e. The third-order valence-corrected chi connectivity index (χ3v) is 4.49. The topological polar surface area (TPSA) is 79.6 Å². The minimum Gasteiger partial charge on any atom is -0.481 e. The SMILES string of the molecule is N#Cc1ccccc1OCC(=O)OCC(=O)N(Cc1ccccc1)Cc1ccccc1. The summed E-state index contributed by atoms with van der Waals surface area (Å²) in [7, 11) is 0. The van der Waals surface area contributed by atoms with E-state index in [1.54, 1.807) is 29.2 Å². The van der Waals surface area contributed by atoms with E-state index < -0.39 is 5.97 Å². The summed E-state index contributed by atoms with van der Waals surface area (Å²) in [4.78, 5) is 26.5. The number of hydrogen-bond donors (Lipinski definition) is 0. The van der Waals surface area contributed by atoms with Crippen molar-refractivity contribution in [2.45, 2.75) is 13.1 Å². The van der Waals surface area contributed by atoms with E-state index >= 15 is 0 Å². The van der Waals surface area contributed by atoms with Crippen molar-refractivity contribution in [3.8, 4) is 11.8 Å². The first-order chi connectivity index (χ1) is 15.2. The maximum Gasteiger partial charge on any atom is 0.344 e. The van der Waals surface area contributed by atoms with Gasteiger partial charge in [0.05, 0.1) is 5.56 Å². The summed E-state index contributed by atoms with van der Waals surface area (Å²) in [6.45, 7) is 0.0292. The van der Waals surface area contributed by atoms with Crippen molar-refractivity contribution >= 4 is 11.9 Å². The maximum atomic E-state index is 12.8. The molecule has 0 fully saturated rings. The number of rotatable bonds is 9. The van der Waals surface area contributed by atoms with Crippen molar-refractivity contribution in [2.75, 3.05) is 13.2 Å². The summed E-state index contributed by atoms with van der Waals surface area (Å²) >= 11 is 0. The zero-order chi connectivity index (χ0) is 21.9. The van der Waals surface area contributed by atoms with Gasteiger partial charge < -0.3 is 14.4 Å². The van der Waals surface area contributed by atoms with Crippen molar-refractivity contribution in [3.05, 3.63) is 102 Å². The Kier molecular flexibility index (Phi) is 7.78. The lowest BCUT2D eigenvalue weighted by Crippen LogP contribution is -2.34. The molecule has 0 saturated heterocycles. The molecule has 1 amide bonds. The van der Waals surface area contributed by atoms with Crippen molar-refractivity contribution < 1.29 is 19.1 Å². The number of nitrogens with zero attached hydrogens (tertiary/aromatic N) is 2. The van der Waals surface area contributed by atoms with Gasteiger partial charge in [0.2, 0.25) is 0 Å². The molecule has 0 heterocycles. The predicted molar refractivity (Wildman–Crippen MR) is 115 cm³/mol. The Balaban J connectivity index is 1.57. The lowest BCUT2D eigenvalue weighted by molar-refractivity contribution is -0.154. The van der Waals surface area contributed by atoms with Crippen LogP contribution in [0.25, 0.3) is 0 Å². The number of esters is 1. The summed E-state index contributed by atoms with van der Waals surface area (Å²) in [6.07, 6.45) is 0. The lowest BCUT2D eigenvalue weighted by atomic mass is 10.1. The molecule has 0 aliphatic carbocycles. The Morgan fingerprint density at radius 1 is 0.774 bits per heavy atom. The van der Waals surface area contributed by atoms with Crippen molar-refractivity contribution in [2.24, 2.45) is 0 Å². The molecule has 156 valence electrons. The highest BCUT2D eigenvalue weighted by Gasteiger charge is 2.17. The van der Waals surface area contributed by atoms with Crippen LogP contribution in [-0.4, -0.2) is 30.0 Å². The number of nitriles is 1. The molecule has 31 heavy (non-hydrogen) atoms. The van der Waals surface area contributed by atoms with Crippen LogP contribution >= 0.6 is 0 Å². The van der Waals surface area contributed by atoms with Gasteiger partial charge in [0.1, 0.15) is 11.8 Å². The number of para-hydroxylation sites is 1. The van der Waals surface area contributed by atoms with E-state index in [2.05, 4.69) is 0 Å². The van der Waals surface area contributed by atoms with Crippen LogP contribution in [0.1, 0.15) is 16.7 Å². The summed E-state index contributed by atoms with van der Waals surface area (Å²) in [6, 6.07) is 27.8. The highest BCUT2D eigenvalue weighted by atomic mass is 16.6. The van der Waals surface area contributed by atoms with Crippen LogP contribution in [0, 0.1) is 11.3 Å². The molecule has 0 N–H and O–H groups in total. The fourth-order valence-electron chi connectivity index (χ4n) is 2.94. The van der Waals surface area contributed by atoms with E-state index in [1.165, 1.54) is 0 Å². The monoisotopic (exact) mass is 414 g/mol. The second-order valence-electron chi connectivity index (χ2n) is 6.78. The van der Waals surface area contributed by atoms with Crippen molar-refractivity contribution in [1.29, 1.82) is 5.26 Å². The summed E-state index contributed by atoms with van der Waals surface area (Å²) in [5.41, 5.74) is 2.28. The minimum absolute atomic E-state index is 0.294. The van der Waals surface area contributed by atoms with E-state index in [4.69, 9.17) is 14.7 Å². The maximum absolute atomic E-state index is 12.8. The third-order valence-electron chi connectivity index (χ3n) is 4.49. The standard InChI is InChI=1S/C25H22N2O4/c26-15-22-13-7-8-14-23(22)30-19-25(29)31-18-24(28)27(16-20-9-3-1-4-10-20)17-21-11-5-2-6-12-21/h1-14H,16-19H2. The molecule has 0 aliphatic heterocycles. The molecule has 6 heteroatoms. The highest BCUT2D eigenvalue weighted by Crippen LogP contribution is 2.16. The molecule has 3 aromatic rings. The van der Waals surface area contributed by atoms with E-state index in [9.17, 15) is 9.59 Å². The van der Waals surface area contributed by atoms with Gasteiger partial charge in [-0.05, 0) is 23.3 Å². The fourth-order valence-corrected chi connectivity index (χ4v) is 2.94. The zero-order valence-electron chi connectivity index (χ0n) is 16.9. The Morgan fingerprint density at radius 3 is 1.90 bits per heavy atom. The number of ether oxygens (including phenoxy) is 2. The number of benzene rings is 3. The van der Waals surface area contributed by atoms with Gasteiger partial charge >= 0.3 is 5.97 Å². The fraction of sp³-hybridized carbons (Fsp3) is 0.160. The van der Waals surface area contributed by atoms with Crippen LogP contribution in [0.4, 0.5) is 0 Å². The van der Waals surface area contributed by atoms with Gasteiger partial charge in [0.25, 0.3) is 5.91 Å². The molecular weight excluding hydrogens is 392 g/mol. The predicted octanol–water partition coefficient (Wildman–Crippen LogP) is 3.71. The quantitative estimate of drug-likeness (QED) is 0.499. The van der Waals surface area contributed by atoms with E-state index in [-0.39, 0.29) is 19.1 Å². The molecule has 6 nitrogen and oxygen atoms in total. The molecule has 0 unspecified atom stereocenters. The van der Waals surface area contributed by atoms with Crippen LogP contribution < -0.4 is 4.74 Å². The highest BCUT2D eigenvalue weighted by molar-refractivity contribution is 5.81. The first-order valence-corrected chi connectivity index (χ1v) is 9.79. The molecule has 0 bridgehead atoms. The lowest BCUT2D eigenvalue weighted by Gasteiger charge is -2.23. The van der Waals surface area contributed by atoms with Crippen LogP contribution in [0.5, 0.6) is 5.75 Å². The van der Waals surface area contributed by atoms with Gasteiger partial charge in [-0.15, -0.1) is 0 Å². The van der Waals surface area contributed by atoms with E-state index in [0.717, 1.165) is 11.1 Å². The number of amides is 1. The molecule has 0 saturated carbocycles. The number of hydrogen-bond acceptors (Lipinski definition) is 5. The zero-order valence-corrected chi connectivity index (χ0v) is 16.9. The van der Waals surface area contributed by atoms with Gasteiger partial charge in [-0.1, -0.05) is 72.8 Å². The average Bonchev–Trinajstić information content (AvgIpc) is 2.82. The Labute approximate surface area is 181 Å². The van der Waals surface area contributed by atoms with E-state index in [0.29, 0.717) is 24.4 Å². The molecule has 0 spiro atoms. The summed E-state index contributed by atoms with van der Waals surface area (Å²) in [5, 5.41) is 9.07. The molecule has 0 atom stereocenters. The van der Waals surface area contributed by atoms with Crippen molar-refractivity contribution in [1.82, 2.24) is 4.90 Å². The normalized spacial score (nSPS) is 10.0. The van der Waals surface area contributed by atoms with Gasteiger partial charge in [-0.25, -0.2) is 4.79 Å². The number of carbonyl (C=O) groups is 2. The third kappa shape index (κ3) is 6.72. The first kappa shape index (κ1) is 21.6. The molecule has 0 aliphatic rings. The second-order valence-corrected chi connectivity index (χ2v) is 6.78. The second kappa shape index (κ2) is 11.2. The van der Waals surface area contributed by atoms with Crippen LogP contribution in [0.3, 0.4) is 0 Å². The summed E-state index contributed by atoms with van der Waals surface area (Å²) in [5.74, 6) is -0.693.